The Morgan fingerprint density at radius 1 is 0.564 bits per heavy atom. The molecule has 0 aliphatic rings. The van der Waals surface area contributed by atoms with Crippen LogP contribution in [-0.4, -0.2) is 28.1 Å². The summed E-state index contributed by atoms with van der Waals surface area (Å²) in [4.78, 5) is 42.0. The average molecular weight is 948 g/mol. The normalized spacial score (nSPS) is 8.25. The molecule has 0 N–H and O–H groups in total. The molecule has 328 valence electrons. The van der Waals surface area contributed by atoms with Gasteiger partial charge in [0.15, 0.2) is 0 Å². The van der Waals surface area contributed by atoms with Crippen molar-refractivity contribution in [3.63, 3.8) is 0 Å². The number of rotatable bonds is 11. The summed E-state index contributed by atoms with van der Waals surface area (Å²) in [6.07, 6.45) is 32.2. The van der Waals surface area contributed by atoms with E-state index in [-0.39, 0.29) is 59.1 Å². The molecule has 1 aromatic rings. The van der Waals surface area contributed by atoms with Crippen LogP contribution >= 0.6 is 0 Å². The van der Waals surface area contributed by atoms with Crippen LogP contribution in [0.25, 0.3) is 0 Å². The summed E-state index contributed by atoms with van der Waals surface area (Å²) in [6.45, 7) is 37.2. The maximum atomic E-state index is 9.81. The molecule has 0 fully saturated rings. The Hall–Kier alpha value is -2.65. The van der Waals surface area contributed by atoms with Crippen molar-refractivity contribution >= 4 is 23.1 Å². The van der Waals surface area contributed by atoms with Crippen LogP contribution < -0.4 is 0 Å². The van der Waals surface area contributed by atoms with Crippen LogP contribution in [0.4, 0.5) is 0 Å². The standard InChI is InChI=1S/2C7H14.C6H7N.2C6H12.C4H8O.2C3H6O.C3H5O.C2H6.CH4.CH3.W/c2*1-3-5-7-6-4-2;1-6-4-2-3-5-7-6;2*1-3-5-6-4-2;1-3-4(2)5;3*1-3(2)4;1-2;;;/h2*5,7H,3-4,6H2,1-2H3;2-5H,1H3;2*5-6H,3-4H2,1-2H3;3H2,1-2H3;2*1-2H3;1H2,2H3;1-2H3;1H4;1H3;/q;;;;;;;;-1;;;-1;+2. The number of nitrogens with zero attached hydrogens (tertiary/aromatic N) is 1. The molecule has 1 rings (SSSR count). The van der Waals surface area contributed by atoms with E-state index >= 15 is 0 Å². The quantitative estimate of drug-likeness (QED) is 0.163. The van der Waals surface area contributed by atoms with E-state index in [9.17, 15) is 19.2 Å². The number of pyridine rings is 1. The van der Waals surface area contributed by atoms with Gasteiger partial charge in [-0.3, -0.25) is 4.98 Å². The number of Topliss-reactive ketones (excluding diaryl/α,β-unsaturated/α-hetero) is 4. The predicted molar refractivity (Wildman–Crippen MR) is 251 cm³/mol. The second kappa shape index (κ2) is 98.5. The summed E-state index contributed by atoms with van der Waals surface area (Å²) in [5.74, 6) is 0.505. The van der Waals surface area contributed by atoms with Gasteiger partial charge in [-0.25, -0.2) is 0 Å². The van der Waals surface area contributed by atoms with Crippen LogP contribution in [0.3, 0.4) is 0 Å². The van der Waals surface area contributed by atoms with Gasteiger partial charge >= 0.3 is 21.1 Å². The van der Waals surface area contributed by atoms with Crippen molar-refractivity contribution in [2.24, 2.45) is 0 Å². The Morgan fingerprint density at radius 3 is 0.891 bits per heavy atom. The van der Waals surface area contributed by atoms with E-state index in [2.05, 4.69) is 116 Å². The first kappa shape index (κ1) is 84.8. The van der Waals surface area contributed by atoms with Gasteiger partial charge in [0.2, 0.25) is 0 Å². The zero-order chi connectivity index (χ0) is 42.9. The molecule has 0 unspecified atom stereocenters. The van der Waals surface area contributed by atoms with Gasteiger partial charge < -0.3 is 33.5 Å². The van der Waals surface area contributed by atoms with Gasteiger partial charge in [-0.15, -0.1) is 0 Å². The maximum absolute atomic E-state index is 9.81. The predicted octanol–water partition coefficient (Wildman–Crippen LogP) is 16.3. The molecule has 0 bridgehead atoms. The van der Waals surface area contributed by atoms with Crippen molar-refractivity contribution in [1.82, 2.24) is 4.98 Å². The molecule has 0 saturated heterocycles. The van der Waals surface area contributed by atoms with Crippen molar-refractivity contribution in [3.8, 4) is 0 Å². The van der Waals surface area contributed by atoms with Crippen LogP contribution in [0.5, 0.6) is 0 Å². The number of carbonyl (C=O) groups is 4. The fourth-order valence-electron chi connectivity index (χ4n) is 2.02. The third kappa shape index (κ3) is 274. The molecule has 1 heterocycles. The van der Waals surface area contributed by atoms with E-state index in [1.165, 1.54) is 98.8 Å². The average Bonchev–Trinajstić information content (AvgIpc) is 3.09. The zero-order valence-electron chi connectivity index (χ0n) is 39.4. The molecule has 0 atom stereocenters. The van der Waals surface area contributed by atoms with E-state index in [1.54, 1.807) is 13.1 Å². The molecule has 0 saturated carbocycles. The van der Waals surface area contributed by atoms with Crippen LogP contribution in [0.1, 0.15) is 201 Å². The van der Waals surface area contributed by atoms with E-state index in [0.717, 1.165) is 5.69 Å². The van der Waals surface area contributed by atoms with E-state index in [1.807, 2.05) is 45.9 Å². The van der Waals surface area contributed by atoms with Crippen molar-refractivity contribution in [2.45, 2.75) is 203 Å². The third-order valence-corrected chi connectivity index (χ3v) is 4.30. The Labute approximate surface area is 362 Å². The van der Waals surface area contributed by atoms with Gasteiger partial charge in [0.05, 0.1) is 0 Å². The van der Waals surface area contributed by atoms with Gasteiger partial charge in [0.25, 0.3) is 0 Å². The first-order chi connectivity index (χ1) is 24.5. The molecule has 0 radical (unpaired) electrons. The van der Waals surface area contributed by atoms with Crippen LogP contribution in [0, 0.1) is 21.3 Å². The fourth-order valence-corrected chi connectivity index (χ4v) is 2.02. The Balaban J connectivity index is -0.0000000376. The van der Waals surface area contributed by atoms with E-state index < -0.39 is 0 Å². The fraction of sp³-hybridized carbons (Fsp3) is 0.612. The number of allylic oxidation sites excluding steroid dienone is 8. The molecule has 55 heavy (non-hydrogen) atoms. The molecular weight excluding hydrogens is 850 g/mol. The van der Waals surface area contributed by atoms with Crippen LogP contribution in [0.15, 0.2) is 73.0 Å². The number of carbonyl (C=O) groups excluding carboxylic acids is 4. The first-order valence-corrected chi connectivity index (χ1v) is 19.8. The molecule has 0 aromatic carbocycles. The second-order valence-electron chi connectivity index (χ2n) is 11.0. The minimum Gasteiger partial charge on any atom is -0.358 e. The van der Waals surface area contributed by atoms with Gasteiger partial charge in [0, 0.05) is 18.3 Å². The van der Waals surface area contributed by atoms with Crippen molar-refractivity contribution in [2.75, 3.05) is 0 Å². The number of ketones is 4. The number of aromatic nitrogens is 1. The molecule has 1 aromatic heterocycles. The smallest absolute Gasteiger partial charge is 0.358 e. The van der Waals surface area contributed by atoms with E-state index in [0.29, 0.717) is 6.42 Å². The summed E-state index contributed by atoms with van der Waals surface area (Å²) >= 11 is 0. The topological polar surface area (TPSA) is 81.2 Å². The molecule has 0 spiro atoms. The van der Waals surface area contributed by atoms with Crippen molar-refractivity contribution in [3.05, 3.63) is 93.0 Å². The first-order valence-electron chi connectivity index (χ1n) is 19.8. The molecule has 5 nitrogen and oxygen atoms in total. The van der Waals surface area contributed by atoms with Gasteiger partial charge in [-0.2, -0.15) is 0 Å². The molecular formula is C49H97NO4W. The minimum absolute atomic E-state index is 0. The van der Waals surface area contributed by atoms with Crippen molar-refractivity contribution in [1.29, 1.82) is 0 Å². The summed E-state index contributed by atoms with van der Waals surface area (Å²) in [5, 5.41) is 0. The van der Waals surface area contributed by atoms with Gasteiger partial charge in [0.1, 0.15) is 17.3 Å². The van der Waals surface area contributed by atoms with E-state index in [4.69, 9.17) is 0 Å². The zero-order valence-corrected chi connectivity index (χ0v) is 42.3. The summed E-state index contributed by atoms with van der Waals surface area (Å²) in [5.41, 5.74) is 1.07. The third-order valence-electron chi connectivity index (χ3n) is 4.30. The minimum atomic E-state index is -0.0833. The van der Waals surface area contributed by atoms with Crippen LogP contribution in [0.2, 0.25) is 0 Å². The molecule has 0 amide bonds. The number of unbranched alkanes of at least 4 members (excludes halogenated alkanes) is 2. The monoisotopic (exact) mass is 948 g/mol. The molecule has 6 heteroatoms. The largest absolute Gasteiger partial charge is 2.00 e. The number of hydrogen-bond donors (Lipinski definition) is 0. The number of aryl methyl sites for hydroxylation is 1. The Bertz CT molecular complexity index is 807. The SMILES string of the molecule is C.CC.CC(C)=O.CC(C)=O.CCC(C)=O.CCC=CCC.CCC=CCC.CCC=CCCC.CCC=CCCC.Cc1ccccn1.[CH2-]C(C)=O.[CH3-].[W+2]. The number of hydrogen-bond acceptors (Lipinski definition) is 5. The Kier molecular flexibility index (Phi) is 152. The van der Waals surface area contributed by atoms with Crippen molar-refractivity contribution < 1.29 is 40.2 Å². The van der Waals surface area contributed by atoms with Gasteiger partial charge in [-0.05, 0) is 118 Å². The molecule has 0 aliphatic carbocycles. The molecule has 0 aliphatic heterocycles. The summed E-state index contributed by atoms with van der Waals surface area (Å²) in [7, 11) is 0. The second-order valence-corrected chi connectivity index (χ2v) is 11.0. The summed E-state index contributed by atoms with van der Waals surface area (Å²) < 4.78 is 0. The Morgan fingerprint density at radius 2 is 0.782 bits per heavy atom. The van der Waals surface area contributed by atoms with Gasteiger partial charge in [-0.1, -0.05) is 151 Å². The maximum Gasteiger partial charge on any atom is 2.00 e. The van der Waals surface area contributed by atoms with Crippen LogP contribution in [-0.2, 0) is 40.2 Å². The summed E-state index contributed by atoms with van der Waals surface area (Å²) in [6, 6.07) is 5.86.